The summed E-state index contributed by atoms with van der Waals surface area (Å²) in [6, 6.07) is 2.62. The van der Waals surface area contributed by atoms with Crippen LogP contribution in [-0.4, -0.2) is 18.5 Å². The zero-order valence-electron chi connectivity index (χ0n) is 8.50. The fraction of sp³-hybridized carbons (Fsp3) is 0.500. The van der Waals surface area contributed by atoms with Gasteiger partial charge in [-0.1, -0.05) is 0 Å². The van der Waals surface area contributed by atoms with Gasteiger partial charge in [-0.05, 0) is 30.9 Å². The SMILES string of the molecule is Cc1ccsc1CNC1=NCC(C)N1. The first-order valence-corrected chi connectivity index (χ1v) is 5.71. The first kappa shape index (κ1) is 9.52. The summed E-state index contributed by atoms with van der Waals surface area (Å²) < 4.78 is 0. The average Bonchev–Trinajstić information content (AvgIpc) is 2.72. The van der Waals surface area contributed by atoms with Gasteiger partial charge in [0.05, 0.1) is 13.1 Å². The molecule has 0 radical (unpaired) electrons. The van der Waals surface area contributed by atoms with Crippen LogP contribution in [0.1, 0.15) is 17.4 Å². The van der Waals surface area contributed by atoms with E-state index in [4.69, 9.17) is 0 Å². The molecular weight excluding hydrogens is 194 g/mol. The maximum Gasteiger partial charge on any atom is 0.191 e. The van der Waals surface area contributed by atoms with Gasteiger partial charge in [0.1, 0.15) is 0 Å². The van der Waals surface area contributed by atoms with Crippen LogP contribution in [0.15, 0.2) is 16.4 Å². The summed E-state index contributed by atoms with van der Waals surface area (Å²) in [6.45, 7) is 6.03. The van der Waals surface area contributed by atoms with E-state index >= 15 is 0 Å². The summed E-state index contributed by atoms with van der Waals surface area (Å²) >= 11 is 1.79. The molecule has 76 valence electrons. The minimum atomic E-state index is 0.474. The summed E-state index contributed by atoms with van der Waals surface area (Å²) in [7, 11) is 0. The van der Waals surface area contributed by atoms with Crippen LogP contribution in [0.3, 0.4) is 0 Å². The lowest BCUT2D eigenvalue weighted by Gasteiger charge is -2.07. The van der Waals surface area contributed by atoms with Crippen molar-refractivity contribution in [3.63, 3.8) is 0 Å². The Balaban J connectivity index is 1.86. The normalized spacial score (nSPS) is 20.4. The fourth-order valence-electron chi connectivity index (χ4n) is 1.41. The lowest BCUT2D eigenvalue weighted by Crippen LogP contribution is -2.37. The van der Waals surface area contributed by atoms with Crippen molar-refractivity contribution in [3.05, 3.63) is 21.9 Å². The third kappa shape index (κ3) is 2.07. The molecule has 2 heterocycles. The molecule has 0 amide bonds. The van der Waals surface area contributed by atoms with E-state index in [2.05, 4.69) is 40.9 Å². The van der Waals surface area contributed by atoms with Crippen molar-refractivity contribution in [2.24, 2.45) is 4.99 Å². The Bertz CT molecular complexity index is 343. The first-order chi connectivity index (χ1) is 6.75. The Morgan fingerprint density at radius 1 is 1.71 bits per heavy atom. The van der Waals surface area contributed by atoms with Crippen LogP contribution in [0.5, 0.6) is 0 Å². The van der Waals surface area contributed by atoms with Gasteiger partial charge in [-0.15, -0.1) is 11.3 Å². The monoisotopic (exact) mass is 209 g/mol. The van der Waals surface area contributed by atoms with E-state index in [9.17, 15) is 0 Å². The van der Waals surface area contributed by atoms with Crippen LogP contribution in [0.4, 0.5) is 0 Å². The molecular formula is C10H15N3S. The zero-order valence-corrected chi connectivity index (χ0v) is 9.32. The van der Waals surface area contributed by atoms with Crippen LogP contribution in [0.25, 0.3) is 0 Å². The highest BCUT2D eigenvalue weighted by molar-refractivity contribution is 7.10. The fourth-order valence-corrected chi connectivity index (χ4v) is 2.25. The zero-order chi connectivity index (χ0) is 9.97. The largest absolute Gasteiger partial charge is 0.352 e. The summed E-state index contributed by atoms with van der Waals surface area (Å²) in [5.74, 6) is 0.935. The molecule has 0 aliphatic carbocycles. The predicted molar refractivity (Wildman–Crippen MR) is 60.8 cm³/mol. The molecule has 3 nitrogen and oxygen atoms in total. The molecule has 0 spiro atoms. The Morgan fingerprint density at radius 3 is 3.14 bits per heavy atom. The van der Waals surface area contributed by atoms with E-state index < -0.39 is 0 Å². The molecule has 0 bridgehead atoms. The van der Waals surface area contributed by atoms with Gasteiger partial charge < -0.3 is 10.6 Å². The molecule has 14 heavy (non-hydrogen) atoms. The number of thiophene rings is 1. The molecule has 1 unspecified atom stereocenters. The quantitative estimate of drug-likeness (QED) is 0.774. The minimum absolute atomic E-state index is 0.474. The Morgan fingerprint density at radius 2 is 2.57 bits per heavy atom. The highest BCUT2D eigenvalue weighted by atomic mass is 32.1. The standard InChI is InChI=1S/C10H15N3S/c1-7-3-4-14-9(7)6-12-10-11-5-8(2)13-10/h3-4,8H,5-6H2,1-2H3,(H2,11,12,13). The Kier molecular flexibility index (Phi) is 2.72. The molecule has 0 saturated heterocycles. The summed E-state index contributed by atoms with van der Waals surface area (Å²) in [6.07, 6.45) is 0. The highest BCUT2D eigenvalue weighted by Crippen LogP contribution is 2.14. The topological polar surface area (TPSA) is 36.4 Å². The third-order valence-corrected chi connectivity index (χ3v) is 3.31. The van der Waals surface area contributed by atoms with Gasteiger partial charge in [0.25, 0.3) is 0 Å². The number of hydrogen-bond acceptors (Lipinski definition) is 4. The van der Waals surface area contributed by atoms with Crippen molar-refractivity contribution in [2.75, 3.05) is 6.54 Å². The second kappa shape index (κ2) is 4.00. The number of nitrogens with one attached hydrogen (secondary N) is 2. The minimum Gasteiger partial charge on any atom is -0.352 e. The van der Waals surface area contributed by atoms with Gasteiger partial charge in [-0.3, -0.25) is 4.99 Å². The number of guanidine groups is 1. The van der Waals surface area contributed by atoms with Gasteiger partial charge in [0, 0.05) is 10.9 Å². The van der Waals surface area contributed by atoms with Crippen molar-refractivity contribution in [3.8, 4) is 0 Å². The molecule has 1 atom stereocenters. The van der Waals surface area contributed by atoms with Crippen LogP contribution < -0.4 is 10.6 Å². The summed E-state index contributed by atoms with van der Waals surface area (Å²) in [5.41, 5.74) is 1.36. The van der Waals surface area contributed by atoms with Crippen molar-refractivity contribution in [2.45, 2.75) is 26.4 Å². The number of rotatable bonds is 2. The molecule has 0 fully saturated rings. The van der Waals surface area contributed by atoms with Gasteiger partial charge in [-0.25, -0.2) is 0 Å². The Hall–Kier alpha value is -1.03. The molecule has 1 aromatic heterocycles. The van der Waals surface area contributed by atoms with Crippen LogP contribution in [0, 0.1) is 6.92 Å². The lowest BCUT2D eigenvalue weighted by molar-refractivity contribution is 0.714. The van der Waals surface area contributed by atoms with Gasteiger partial charge >= 0.3 is 0 Å². The summed E-state index contributed by atoms with van der Waals surface area (Å²) in [5, 5.41) is 8.71. The van der Waals surface area contributed by atoms with E-state index in [1.54, 1.807) is 11.3 Å². The van der Waals surface area contributed by atoms with Crippen molar-refractivity contribution < 1.29 is 0 Å². The molecule has 1 aromatic rings. The molecule has 1 aliphatic rings. The van der Waals surface area contributed by atoms with Crippen LogP contribution in [-0.2, 0) is 6.54 Å². The van der Waals surface area contributed by atoms with Gasteiger partial charge in [0.2, 0.25) is 0 Å². The maximum atomic E-state index is 4.34. The number of hydrogen-bond donors (Lipinski definition) is 2. The van der Waals surface area contributed by atoms with E-state index in [0.29, 0.717) is 6.04 Å². The second-order valence-electron chi connectivity index (χ2n) is 3.62. The molecule has 1 aliphatic heterocycles. The molecule has 2 N–H and O–H groups in total. The van der Waals surface area contributed by atoms with Crippen molar-refractivity contribution in [1.29, 1.82) is 0 Å². The van der Waals surface area contributed by atoms with Gasteiger partial charge in [-0.2, -0.15) is 0 Å². The Labute approximate surface area is 88.3 Å². The number of nitrogens with zero attached hydrogens (tertiary/aromatic N) is 1. The second-order valence-corrected chi connectivity index (χ2v) is 4.62. The van der Waals surface area contributed by atoms with Crippen molar-refractivity contribution >= 4 is 17.3 Å². The van der Waals surface area contributed by atoms with Crippen LogP contribution >= 0.6 is 11.3 Å². The highest BCUT2D eigenvalue weighted by Gasteiger charge is 2.11. The van der Waals surface area contributed by atoms with E-state index in [-0.39, 0.29) is 0 Å². The maximum absolute atomic E-state index is 4.34. The lowest BCUT2D eigenvalue weighted by atomic mass is 10.3. The summed E-state index contributed by atoms with van der Waals surface area (Å²) in [4.78, 5) is 5.73. The van der Waals surface area contributed by atoms with Crippen LogP contribution in [0.2, 0.25) is 0 Å². The number of aliphatic imine (C=N–C) groups is 1. The molecule has 0 aromatic carbocycles. The predicted octanol–water partition coefficient (Wildman–Crippen LogP) is 1.49. The smallest absolute Gasteiger partial charge is 0.191 e. The molecule has 4 heteroatoms. The van der Waals surface area contributed by atoms with Gasteiger partial charge in [0.15, 0.2) is 5.96 Å². The van der Waals surface area contributed by atoms with E-state index in [1.165, 1.54) is 10.4 Å². The van der Waals surface area contributed by atoms with Crippen molar-refractivity contribution in [1.82, 2.24) is 10.6 Å². The molecule has 2 rings (SSSR count). The molecule has 0 saturated carbocycles. The average molecular weight is 209 g/mol. The first-order valence-electron chi connectivity index (χ1n) is 4.83. The van der Waals surface area contributed by atoms with E-state index in [1.807, 2.05) is 0 Å². The van der Waals surface area contributed by atoms with E-state index in [0.717, 1.165) is 19.0 Å². The number of aryl methyl sites for hydroxylation is 1. The third-order valence-electron chi connectivity index (χ3n) is 2.29.